The van der Waals surface area contributed by atoms with Gasteiger partial charge in [0.25, 0.3) is 11.8 Å². The highest BCUT2D eigenvalue weighted by molar-refractivity contribution is 6.07. The second-order valence-electron chi connectivity index (χ2n) is 9.41. The van der Waals surface area contributed by atoms with E-state index in [1.807, 2.05) is 37.3 Å². The van der Waals surface area contributed by atoms with E-state index in [1.54, 1.807) is 53.4 Å². The topological polar surface area (TPSA) is 78.5 Å². The molecular formula is C32H39N3O3. The zero-order valence-electron chi connectivity index (χ0n) is 22.5. The molecule has 0 heterocycles. The van der Waals surface area contributed by atoms with Crippen LogP contribution in [-0.2, 0) is 4.79 Å². The predicted octanol–water partition coefficient (Wildman–Crippen LogP) is 7.68. The lowest BCUT2D eigenvalue weighted by atomic mass is 10.1. The molecule has 0 spiro atoms. The van der Waals surface area contributed by atoms with Gasteiger partial charge in [-0.2, -0.15) is 0 Å². The van der Waals surface area contributed by atoms with Crippen molar-refractivity contribution in [3.8, 4) is 0 Å². The number of rotatable bonds is 14. The highest BCUT2D eigenvalue weighted by Crippen LogP contribution is 2.19. The maximum Gasteiger partial charge on any atom is 0.258 e. The fourth-order valence-electron chi connectivity index (χ4n) is 4.28. The number of unbranched alkanes of at least 4 members (excludes halogenated alkanes) is 6. The minimum atomic E-state index is -0.260. The van der Waals surface area contributed by atoms with Crippen molar-refractivity contribution in [1.29, 1.82) is 0 Å². The maximum atomic E-state index is 13.0. The highest BCUT2D eigenvalue weighted by atomic mass is 16.2. The molecule has 0 radical (unpaired) electrons. The van der Waals surface area contributed by atoms with Crippen LogP contribution in [0, 0.1) is 0 Å². The monoisotopic (exact) mass is 513 g/mol. The molecule has 3 amide bonds. The Morgan fingerprint density at radius 2 is 1.18 bits per heavy atom. The molecule has 0 unspecified atom stereocenters. The molecule has 3 aromatic rings. The van der Waals surface area contributed by atoms with Gasteiger partial charge in [-0.25, -0.2) is 0 Å². The van der Waals surface area contributed by atoms with Crippen molar-refractivity contribution in [3.05, 3.63) is 90.0 Å². The third kappa shape index (κ3) is 8.87. The fraction of sp³-hybridized carbons (Fsp3) is 0.344. The molecule has 3 aromatic carbocycles. The van der Waals surface area contributed by atoms with Crippen LogP contribution < -0.4 is 15.5 Å². The molecule has 3 rings (SSSR count). The van der Waals surface area contributed by atoms with Crippen LogP contribution in [-0.4, -0.2) is 24.3 Å². The number of carbonyl (C=O) groups excluding carboxylic acids is 3. The molecule has 0 atom stereocenters. The van der Waals surface area contributed by atoms with Crippen molar-refractivity contribution in [3.63, 3.8) is 0 Å². The SMILES string of the molecule is CCCCCCCCCC(=O)Nc1ccc(C(=O)Nc2ccc(C(=O)N(CC)c3ccccc3)cc2)cc1. The van der Waals surface area contributed by atoms with Gasteiger partial charge >= 0.3 is 0 Å². The van der Waals surface area contributed by atoms with E-state index in [9.17, 15) is 14.4 Å². The van der Waals surface area contributed by atoms with Gasteiger partial charge in [0.05, 0.1) is 0 Å². The summed E-state index contributed by atoms with van der Waals surface area (Å²) in [6.07, 6.45) is 8.71. The normalized spacial score (nSPS) is 10.6. The van der Waals surface area contributed by atoms with Crippen molar-refractivity contribution in [1.82, 2.24) is 0 Å². The molecule has 0 saturated heterocycles. The Labute approximate surface area is 226 Å². The molecule has 38 heavy (non-hydrogen) atoms. The quantitative estimate of drug-likeness (QED) is 0.217. The summed E-state index contributed by atoms with van der Waals surface area (Å²) in [5, 5.41) is 5.77. The second kappa shape index (κ2) is 15.4. The molecular weight excluding hydrogens is 474 g/mol. The van der Waals surface area contributed by atoms with E-state index < -0.39 is 0 Å². The first-order chi connectivity index (χ1) is 18.5. The van der Waals surface area contributed by atoms with E-state index >= 15 is 0 Å². The Bertz CT molecular complexity index is 1160. The number of anilines is 3. The van der Waals surface area contributed by atoms with Gasteiger partial charge in [0.2, 0.25) is 5.91 Å². The highest BCUT2D eigenvalue weighted by Gasteiger charge is 2.16. The van der Waals surface area contributed by atoms with Gasteiger partial charge in [-0.05, 0) is 74.0 Å². The van der Waals surface area contributed by atoms with E-state index in [-0.39, 0.29) is 17.7 Å². The number of amides is 3. The molecule has 200 valence electrons. The van der Waals surface area contributed by atoms with E-state index in [0.717, 1.165) is 18.5 Å². The molecule has 0 bridgehead atoms. The van der Waals surface area contributed by atoms with Gasteiger partial charge in [0.15, 0.2) is 0 Å². The maximum absolute atomic E-state index is 13.0. The number of nitrogens with zero attached hydrogens (tertiary/aromatic N) is 1. The van der Waals surface area contributed by atoms with Crippen molar-refractivity contribution < 1.29 is 14.4 Å². The van der Waals surface area contributed by atoms with E-state index in [2.05, 4.69) is 17.6 Å². The van der Waals surface area contributed by atoms with Gasteiger partial charge in [-0.1, -0.05) is 63.6 Å². The number of hydrogen-bond donors (Lipinski definition) is 2. The standard InChI is InChI=1S/C32H39N3O3/c1-3-5-6-7-8-9-13-16-30(36)33-27-21-17-25(18-22-27)31(37)34-28-23-19-26(20-24-28)32(38)35(4-2)29-14-11-10-12-15-29/h10-12,14-15,17-24H,3-9,13,16H2,1-2H3,(H,33,36)(H,34,37). The zero-order valence-corrected chi connectivity index (χ0v) is 22.5. The first-order valence-corrected chi connectivity index (χ1v) is 13.7. The third-order valence-corrected chi connectivity index (χ3v) is 6.46. The molecule has 0 aliphatic heterocycles. The first-order valence-electron chi connectivity index (χ1n) is 13.7. The Hall–Kier alpha value is -3.93. The summed E-state index contributed by atoms with van der Waals surface area (Å²) in [6.45, 7) is 4.70. The summed E-state index contributed by atoms with van der Waals surface area (Å²) in [4.78, 5) is 39.6. The minimum absolute atomic E-state index is 0.000649. The average molecular weight is 514 g/mol. The zero-order chi connectivity index (χ0) is 27.2. The van der Waals surface area contributed by atoms with Crippen LogP contribution in [0.1, 0.15) is 85.9 Å². The van der Waals surface area contributed by atoms with Crippen molar-refractivity contribution in [2.45, 2.75) is 65.2 Å². The third-order valence-electron chi connectivity index (χ3n) is 6.46. The number of carbonyl (C=O) groups is 3. The smallest absolute Gasteiger partial charge is 0.258 e. The van der Waals surface area contributed by atoms with Crippen LogP contribution in [0.15, 0.2) is 78.9 Å². The summed E-state index contributed by atoms with van der Waals surface area (Å²) in [5.74, 6) is -0.356. The average Bonchev–Trinajstić information content (AvgIpc) is 2.94. The van der Waals surface area contributed by atoms with E-state index in [0.29, 0.717) is 35.5 Å². The molecule has 0 aromatic heterocycles. The Morgan fingerprint density at radius 3 is 1.79 bits per heavy atom. The summed E-state index contributed by atoms with van der Waals surface area (Å²) < 4.78 is 0. The minimum Gasteiger partial charge on any atom is -0.326 e. The lowest BCUT2D eigenvalue weighted by Gasteiger charge is -2.21. The summed E-state index contributed by atoms with van der Waals surface area (Å²) in [6, 6.07) is 23.3. The molecule has 6 heteroatoms. The van der Waals surface area contributed by atoms with Gasteiger partial charge < -0.3 is 15.5 Å². The fourth-order valence-corrected chi connectivity index (χ4v) is 4.28. The van der Waals surface area contributed by atoms with Crippen LogP contribution >= 0.6 is 0 Å². The van der Waals surface area contributed by atoms with Gasteiger partial charge in [-0.15, -0.1) is 0 Å². The van der Waals surface area contributed by atoms with Crippen LogP contribution in [0.4, 0.5) is 17.1 Å². The molecule has 0 aliphatic rings. The predicted molar refractivity (Wildman–Crippen MR) is 156 cm³/mol. The van der Waals surface area contributed by atoms with Crippen molar-refractivity contribution in [2.75, 3.05) is 22.1 Å². The summed E-state index contributed by atoms with van der Waals surface area (Å²) in [5.41, 5.74) is 3.15. The van der Waals surface area contributed by atoms with Gasteiger partial charge in [0.1, 0.15) is 0 Å². The van der Waals surface area contributed by atoms with Crippen LogP contribution in [0.2, 0.25) is 0 Å². The van der Waals surface area contributed by atoms with E-state index in [1.165, 1.54) is 32.1 Å². The largest absolute Gasteiger partial charge is 0.326 e. The van der Waals surface area contributed by atoms with E-state index in [4.69, 9.17) is 0 Å². The molecule has 0 saturated carbocycles. The van der Waals surface area contributed by atoms with Gasteiger partial charge in [-0.3, -0.25) is 14.4 Å². The number of nitrogens with one attached hydrogen (secondary N) is 2. The molecule has 2 N–H and O–H groups in total. The second-order valence-corrected chi connectivity index (χ2v) is 9.41. The lowest BCUT2D eigenvalue weighted by molar-refractivity contribution is -0.116. The van der Waals surface area contributed by atoms with Gasteiger partial charge in [0, 0.05) is 41.2 Å². The van der Waals surface area contributed by atoms with Crippen LogP contribution in [0.5, 0.6) is 0 Å². The Morgan fingerprint density at radius 1 is 0.632 bits per heavy atom. The number of benzene rings is 3. The molecule has 6 nitrogen and oxygen atoms in total. The molecule has 0 fully saturated rings. The first kappa shape index (κ1) is 28.6. The van der Waals surface area contributed by atoms with Crippen molar-refractivity contribution in [2.24, 2.45) is 0 Å². The van der Waals surface area contributed by atoms with Crippen LogP contribution in [0.25, 0.3) is 0 Å². The summed E-state index contributed by atoms with van der Waals surface area (Å²) in [7, 11) is 0. The number of para-hydroxylation sites is 1. The van der Waals surface area contributed by atoms with Crippen LogP contribution in [0.3, 0.4) is 0 Å². The van der Waals surface area contributed by atoms with Crippen molar-refractivity contribution >= 4 is 34.8 Å². The molecule has 0 aliphatic carbocycles. The summed E-state index contributed by atoms with van der Waals surface area (Å²) >= 11 is 0. The Kier molecular flexibility index (Phi) is 11.6. The number of hydrogen-bond acceptors (Lipinski definition) is 3. The lowest BCUT2D eigenvalue weighted by Crippen LogP contribution is -2.30. The Balaban J connectivity index is 1.47.